The number of hydrogen-bond donors (Lipinski definition) is 0. The Hall–Kier alpha value is -3.27. The summed E-state index contributed by atoms with van der Waals surface area (Å²) in [5.74, 6) is 0.215. The smallest absolute Gasteiger partial charge is 1.00 e. The lowest BCUT2D eigenvalue weighted by Gasteiger charge is -2.31. The summed E-state index contributed by atoms with van der Waals surface area (Å²) in [6.45, 7) is 3.60. The van der Waals surface area contributed by atoms with Crippen molar-refractivity contribution in [2.75, 3.05) is 44.7 Å². The van der Waals surface area contributed by atoms with Crippen LogP contribution in [0.15, 0.2) is 64.3 Å². The fourth-order valence-electron chi connectivity index (χ4n) is 4.17. The van der Waals surface area contributed by atoms with Crippen LogP contribution < -0.4 is 17.3 Å². The number of amidine groups is 1. The first-order chi connectivity index (χ1) is 15.9. The predicted molar refractivity (Wildman–Crippen MR) is 128 cm³/mol. The molecule has 3 heterocycles. The lowest BCUT2D eigenvalue weighted by Crippen LogP contribution is -3.00. The molecular weight excluding hydrogens is 479 g/mol. The average molecular weight is 501 g/mol. The van der Waals surface area contributed by atoms with Crippen molar-refractivity contribution >= 4 is 40.4 Å². The third-order valence-electron chi connectivity index (χ3n) is 5.97. The van der Waals surface area contributed by atoms with E-state index in [-0.39, 0.29) is 32.0 Å². The number of nitro benzene ring substituents is 1. The third-order valence-corrected chi connectivity index (χ3v) is 6.30. The highest BCUT2D eigenvalue weighted by Crippen LogP contribution is 2.35. The summed E-state index contributed by atoms with van der Waals surface area (Å²) in [6.07, 6.45) is 1.81. The van der Waals surface area contributed by atoms with Crippen molar-refractivity contribution in [2.45, 2.75) is 0 Å². The van der Waals surface area contributed by atoms with Crippen molar-refractivity contribution in [3.05, 3.63) is 80.6 Å². The molecule has 2 aromatic carbocycles. The van der Waals surface area contributed by atoms with Crippen LogP contribution in [0.5, 0.6) is 0 Å². The number of rotatable bonds is 3. The van der Waals surface area contributed by atoms with E-state index in [1.807, 2.05) is 12.1 Å². The Morgan fingerprint density at radius 3 is 2.56 bits per heavy atom. The monoisotopic (exact) mass is 500 g/mol. The fraction of sp³-hybridized carbons (Fsp3) is 0.261. The number of carbonyl (C=O) groups is 1. The zero-order valence-electron chi connectivity index (χ0n) is 19.3. The highest BCUT2D eigenvalue weighted by Gasteiger charge is 2.36. The number of amides is 1. The van der Waals surface area contributed by atoms with Crippen molar-refractivity contribution in [3.63, 3.8) is 0 Å². The Labute approximate surface area is 209 Å². The van der Waals surface area contributed by atoms with Crippen LogP contribution in [0, 0.1) is 10.1 Å². The lowest BCUT2D eigenvalue weighted by atomic mass is 9.99. The summed E-state index contributed by atoms with van der Waals surface area (Å²) in [5, 5.41) is 12.0. The van der Waals surface area contributed by atoms with Gasteiger partial charge >= 0.3 is 1.43 Å². The maximum atomic E-state index is 13.4. The summed E-state index contributed by atoms with van der Waals surface area (Å²) in [5.41, 5.74) is 2.36. The van der Waals surface area contributed by atoms with Gasteiger partial charge in [0.05, 0.1) is 22.9 Å². The molecule has 5 rings (SSSR count). The first-order valence-corrected chi connectivity index (χ1v) is 10.9. The Morgan fingerprint density at radius 1 is 1.12 bits per heavy atom. The number of non-ortho nitro benzene ring substituents is 1. The Morgan fingerprint density at radius 2 is 1.85 bits per heavy atom. The highest BCUT2D eigenvalue weighted by atomic mass is 35.5. The average Bonchev–Trinajstić information content (AvgIpc) is 3.01. The van der Waals surface area contributed by atoms with E-state index < -0.39 is 4.92 Å². The number of hydrogen-bond acceptors (Lipinski definition) is 7. The second-order valence-electron chi connectivity index (χ2n) is 8.13. The molecule has 1 saturated heterocycles. The molecule has 0 unspecified atom stereocenters. The molecule has 9 nitrogen and oxygen atoms in total. The quantitative estimate of drug-likeness (QED) is 0.337. The Bertz CT molecular complexity index is 1260. The first-order valence-electron chi connectivity index (χ1n) is 10.6. The van der Waals surface area contributed by atoms with Crippen LogP contribution >= 0.6 is 11.6 Å². The molecular formula is C23H22Cl2N6O3. The molecule has 0 bridgehead atoms. The first kappa shape index (κ1) is 23.9. The molecule has 3 aliphatic heterocycles. The van der Waals surface area contributed by atoms with Crippen molar-refractivity contribution < 1.29 is 23.6 Å². The van der Waals surface area contributed by atoms with Gasteiger partial charge in [-0.25, -0.2) is 4.99 Å². The maximum absolute atomic E-state index is 13.4. The summed E-state index contributed by atoms with van der Waals surface area (Å²) in [7, 11) is 2.07. The third kappa shape index (κ3) is 4.29. The number of nitro groups is 1. The molecule has 2 aromatic rings. The van der Waals surface area contributed by atoms with Crippen molar-refractivity contribution in [1.82, 2.24) is 9.80 Å². The zero-order valence-corrected chi connectivity index (χ0v) is 19.8. The molecule has 1 amide bonds. The second kappa shape index (κ2) is 9.54. The number of benzene rings is 2. The standard InChI is InChI=1S/C23H21ClN6O3.ClH/c1-27-8-10-28(11-9-27)14-19-23(31)29-20-7-6-15(30(32)33)12-17(20)22(25-13-21(29)26-19)16-4-2-3-5-18(16)24;/h2-7,12,14H,8-11,13H2,1H3;1H/b19-14-;. The number of halogens is 2. The molecule has 0 spiro atoms. The van der Waals surface area contributed by atoms with Crippen molar-refractivity contribution in [2.24, 2.45) is 9.98 Å². The molecule has 0 saturated carbocycles. The van der Waals surface area contributed by atoms with E-state index in [1.54, 1.807) is 24.4 Å². The molecule has 0 aliphatic carbocycles. The topological polar surface area (TPSA) is 94.7 Å². The van der Waals surface area contributed by atoms with E-state index in [1.165, 1.54) is 17.0 Å². The van der Waals surface area contributed by atoms with Crippen LogP contribution in [0.25, 0.3) is 0 Å². The molecule has 0 radical (unpaired) electrons. The summed E-state index contributed by atoms with van der Waals surface area (Å²) < 4.78 is 0. The van der Waals surface area contributed by atoms with Gasteiger partial charge in [0, 0.05) is 60.7 Å². The number of piperazine rings is 1. The molecule has 3 aliphatic rings. The normalized spacial score (nSPS) is 19.1. The molecule has 34 heavy (non-hydrogen) atoms. The summed E-state index contributed by atoms with van der Waals surface area (Å²) >= 11 is 6.43. The van der Waals surface area contributed by atoms with E-state index in [0.29, 0.717) is 39.1 Å². The Kier molecular flexibility index (Phi) is 6.70. The maximum Gasteiger partial charge on any atom is 1.00 e. The van der Waals surface area contributed by atoms with Crippen LogP contribution in [-0.2, 0) is 4.79 Å². The van der Waals surface area contributed by atoms with Gasteiger partial charge < -0.3 is 22.2 Å². The van der Waals surface area contributed by atoms with Crippen molar-refractivity contribution in [1.29, 1.82) is 0 Å². The van der Waals surface area contributed by atoms with Gasteiger partial charge in [0.1, 0.15) is 11.5 Å². The lowest BCUT2D eigenvalue weighted by molar-refractivity contribution is -0.384. The van der Waals surface area contributed by atoms with Crippen LogP contribution in [0.1, 0.15) is 12.6 Å². The van der Waals surface area contributed by atoms with Gasteiger partial charge in [0.15, 0.2) is 0 Å². The van der Waals surface area contributed by atoms with Gasteiger partial charge in [0.25, 0.3) is 11.6 Å². The molecule has 0 N–H and O–H groups in total. The second-order valence-corrected chi connectivity index (χ2v) is 8.53. The molecule has 176 valence electrons. The largest absolute Gasteiger partial charge is 1.00 e. The summed E-state index contributed by atoms with van der Waals surface area (Å²) in [6, 6.07) is 11.6. The number of likely N-dealkylation sites (N-methyl/N-ethyl adjacent to an activating group) is 1. The molecule has 11 heteroatoms. The number of carbonyl (C=O) groups excluding carboxylic acids is 1. The van der Waals surface area contributed by atoms with E-state index >= 15 is 0 Å². The van der Waals surface area contributed by atoms with Gasteiger partial charge in [-0.1, -0.05) is 29.8 Å². The van der Waals surface area contributed by atoms with Crippen LogP contribution in [0.4, 0.5) is 11.4 Å². The fourth-order valence-corrected chi connectivity index (χ4v) is 4.40. The van der Waals surface area contributed by atoms with Crippen molar-refractivity contribution in [3.8, 4) is 0 Å². The number of anilines is 1. The molecule has 1 fully saturated rings. The van der Waals surface area contributed by atoms with E-state index in [0.717, 1.165) is 26.2 Å². The van der Waals surface area contributed by atoms with Gasteiger partial charge in [-0.3, -0.25) is 24.8 Å². The SMILES string of the molecule is CN1CCN(/C=C2\N=C3CN=C(c4ccccc4Cl)c4cc([N+](=O)[O-])ccc4N3C2=O)CC1.[Cl-].[H+]. The molecule has 0 atom stereocenters. The minimum atomic E-state index is -0.463. The number of nitrogens with zero attached hydrogens (tertiary/aromatic N) is 6. The summed E-state index contributed by atoms with van der Waals surface area (Å²) in [4.78, 5) is 39.6. The van der Waals surface area contributed by atoms with Gasteiger partial charge in [-0.2, -0.15) is 0 Å². The minimum Gasteiger partial charge on any atom is -1.00 e. The highest BCUT2D eigenvalue weighted by molar-refractivity contribution is 6.37. The predicted octanol–water partition coefficient (Wildman–Crippen LogP) is 0.0496. The van der Waals surface area contributed by atoms with Gasteiger partial charge in [-0.15, -0.1) is 0 Å². The van der Waals surface area contributed by atoms with E-state index in [2.05, 4.69) is 21.8 Å². The number of aliphatic imine (C=N–C) groups is 2. The van der Waals surface area contributed by atoms with Gasteiger partial charge in [-0.05, 0) is 19.2 Å². The van der Waals surface area contributed by atoms with Crippen LogP contribution in [0.3, 0.4) is 0 Å². The number of fused-ring (bicyclic) bond motifs is 3. The van der Waals surface area contributed by atoms with E-state index in [9.17, 15) is 14.9 Å². The van der Waals surface area contributed by atoms with Crippen LogP contribution in [-0.4, -0.2) is 71.9 Å². The minimum absolute atomic E-state index is 0. The van der Waals surface area contributed by atoms with E-state index in [4.69, 9.17) is 16.6 Å². The van der Waals surface area contributed by atoms with Crippen LogP contribution in [0.2, 0.25) is 5.02 Å². The zero-order chi connectivity index (χ0) is 23.1. The Balaban J connectivity index is 0.00000171. The molecule has 0 aromatic heterocycles. The van der Waals surface area contributed by atoms with Gasteiger partial charge in [0.2, 0.25) is 0 Å².